The maximum Gasteiger partial charge on any atom is 0.174 e. The van der Waals surface area contributed by atoms with Gasteiger partial charge < -0.3 is 14.5 Å². The highest BCUT2D eigenvalue weighted by atomic mass is 35.5. The first kappa shape index (κ1) is 15.7. The standard InChI is InChI=1S/C16H18ClN5O/c1-4-18-10(2)12-7-11(14(23-3)8-20-12)13-9-22-6-5-19-16(22)15(17)21-13/h5-10,18H,4H2,1-3H3/t10-/m1/s1. The van der Waals surface area contributed by atoms with Crippen molar-refractivity contribution in [2.24, 2.45) is 0 Å². The predicted molar refractivity (Wildman–Crippen MR) is 89.9 cm³/mol. The van der Waals surface area contributed by atoms with Crippen molar-refractivity contribution >= 4 is 17.2 Å². The molecule has 120 valence electrons. The number of hydrogen-bond acceptors (Lipinski definition) is 5. The van der Waals surface area contributed by atoms with Gasteiger partial charge >= 0.3 is 0 Å². The Kier molecular flexibility index (Phi) is 4.45. The molecule has 3 rings (SSSR count). The number of imidazole rings is 1. The Hall–Kier alpha value is -2.18. The van der Waals surface area contributed by atoms with Gasteiger partial charge in [-0.1, -0.05) is 18.5 Å². The van der Waals surface area contributed by atoms with Crippen LogP contribution in [0.5, 0.6) is 5.75 Å². The van der Waals surface area contributed by atoms with E-state index in [9.17, 15) is 0 Å². The van der Waals surface area contributed by atoms with Crippen LogP contribution < -0.4 is 10.1 Å². The lowest BCUT2D eigenvalue weighted by Crippen LogP contribution is -2.18. The molecule has 0 bridgehead atoms. The summed E-state index contributed by atoms with van der Waals surface area (Å²) in [7, 11) is 1.62. The van der Waals surface area contributed by atoms with Gasteiger partial charge in [0.1, 0.15) is 5.75 Å². The Morgan fingerprint density at radius 3 is 2.96 bits per heavy atom. The summed E-state index contributed by atoms with van der Waals surface area (Å²) in [5.74, 6) is 0.653. The highest BCUT2D eigenvalue weighted by Gasteiger charge is 2.15. The molecule has 0 saturated heterocycles. The quantitative estimate of drug-likeness (QED) is 0.778. The van der Waals surface area contributed by atoms with E-state index in [-0.39, 0.29) is 6.04 Å². The van der Waals surface area contributed by atoms with Crippen molar-refractivity contribution in [3.8, 4) is 17.0 Å². The van der Waals surface area contributed by atoms with Gasteiger partial charge in [-0.25, -0.2) is 9.97 Å². The summed E-state index contributed by atoms with van der Waals surface area (Å²) in [5, 5.41) is 3.70. The van der Waals surface area contributed by atoms with Crippen molar-refractivity contribution in [1.82, 2.24) is 24.7 Å². The van der Waals surface area contributed by atoms with Crippen LogP contribution in [0.1, 0.15) is 25.6 Å². The molecule has 23 heavy (non-hydrogen) atoms. The second kappa shape index (κ2) is 6.52. The van der Waals surface area contributed by atoms with Gasteiger partial charge in [-0.05, 0) is 19.5 Å². The van der Waals surface area contributed by atoms with Crippen LogP contribution in [-0.2, 0) is 0 Å². The third-order valence-corrected chi connectivity index (χ3v) is 3.93. The van der Waals surface area contributed by atoms with Gasteiger partial charge in [-0.3, -0.25) is 4.98 Å². The molecule has 3 aromatic rings. The lowest BCUT2D eigenvalue weighted by Gasteiger charge is -2.15. The van der Waals surface area contributed by atoms with Crippen LogP contribution in [0.4, 0.5) is 0 Å². The number of aromatic nitrogens is 4. The molecular weight excluding hydrogens is 314 g/mol. The first-order chi connectivity index (χ1) is 11.1. The molecule has 0 aliphatic carbocycles. The van der Waals surface area contributed by atoms with E-state index in [1.54, 1.807) is 19.5 Å². The Morgan fingerprint density at radius 2 is 2.22 bits per heavy atom. The number of fused-ring (bicyclic) bond motifs is 1. The van der Waals surface area contributed by atoms with Gasteiger partial charge in [0, 0.05) is 30.2 Å². The number of nitrogens with one attached hydrogen (secondary N) is 1. The molecule has 3 heterocycles. The molecule has 6 nitrogen and oxygen atoms in total. The van der Waals surface area contributed by atoms with Gasteiger partial charge in [-0.2, -0.15) is 0 Å². The Morgan fingerprint density at radius 1 is 1.39 bits per heavy atom. The first-order valence-corrected chi connectivity index (χ1v) is 7.78. The molecule has 0 saturated carbocycles. The van der Waals surface area contributed by atoms with Crippen molar-refractivity contribution in [2.45, 2.75) is 19.9 Å². The maximum absolute atomic E-state index is 6.24. The summed E-state index contributed by atoms with van der Waals surface area (Å²) in [6.07, 6.45) is 7.12. The molecule has 0 unspecified atom stereocenters. The molecule has 0 aliphatic rings. The number of methoxy groups -OCH3 is 1. The second-order valence-electron chi connectivity index (χ2n) is 5.16. The van der Waals surface area contributed by atoms with Gasteiger partial charge in [-0.15, -0.1) is 0 Å². The zero-order valence-corrected chi connectivity index (χ0v) is 14.0. The summed E-state index contributed by atoms with van der Waals surface area (Å²) in [4.78, 5) is 13.1. The molecule has 7 heteroatoms. The van der Waals surface area contributed by atoms with Gasteiger partial charge in [0.25, 0.3) is 0 Å². The summed E-state index contributed by atoms with van der Waals surface area (Å²) in [6.45, 7) is 5.01. The van der Waals surface area contributed by atoms with E-state index >= 15 is 0 Å². The van der Waals surface area contributed by atoms with Crippen LogP contribution in [0.3, 0.4) is 0 Å². The maximum atomic E-state index is 6.24. The molecular formula is C16H18ClN5O. The molecule has 0 aromatic carbocycles. The van der Waals surface area contributed by atoms with E-state index in [1.165, 1.54) is 0 Å². The average Bonchev–Trinajstić information content (AvgIpc) is 3.03. The van der Waals surface area contributed by atoms with Gasteiger partial charge in [0.05, 0.1) is 24.7 Å². The predicted octanol–water partition coefficient (Wildman–Crippen LogP) is 3.12. The summed E-state index contributed by atoms with van der Waals surface area (Å²) < 4.78 is 7.28. The van der Waals surface area contributed by atoms with E-state index in [4.69, 9.17) is 16.3 Å². The first-order valence-electron chi connectivity index (χ1n) is 7.41. The highest BCUT2D eigenvalue weighted by Crippen LogP contribution is 2.31. The van der Waals surface area contributed by atoms with Crippen LogP contribution in [0.25, 0.3) is 16.9 Å². The van der Waals surface area contributed by atoms with E-state index in [0.29, 0.717) is 22.2 Å². The van der Waals surface area contributed by atoms with Crippen LogP contribution in [0, 0.1) is 0 Å². The zero-order valence-electron chi connectivity index (χ0n) is 13.2. The summed E-state index contributed by atoms with van der Waals surface area (Å²) in [6, 6.07) is 2.12. The molecule has 0 aliphatic heterocycles. The summed E-state index contributed by atoms with van der Waals surface area (Å²) in [5.41, 5.74) is 3.11. The van der Waals surface area contributed by atoms with Crippen molar-refractivity contribution < 1.29 is 4.74 Å². The Bertz CT molecular complexity index is 832. The number of rotatable bonds is 5. The largest absolute Gasteiger partial charge is 0.494 e. The fraction of sp³-hybridized carbons (Fsp3) is 0.312. The lowest BCUT2D eigenvalue weighted by atomic mass is 10.1. The monoisotopic (exact) mass is 331 g/mol. The minimum Gasteiger partial charge on any atom is -0.494 e. The third-order valence-electron chi connectivity index (χ3n) is 3.67. The third kappa shape index (κ3) is 3.00. The van der Waals surface area contributed by atoms with E-state index < -0.39 is 0 Å². The van der Waals surface area contributed by atoms with Crippen molar-refractivity contribution in [2.75, 3.05) is 13.7 Å². The normalized spacial score (nSPS) is 12.5. The highest BCUT2D eigenvalue weighted by molar-refractivity contribution is 6.32. The van der Waals surface area contributed by atoms with Crippen LogP contribution >= 0.6 is 11.6 Å². The molecule has 0 radical (unpaired) electrons. The minimum atomic E-state index is 0.136. The second-order valence-corrected chi connectivity index (χ2v) is 5.52. The minimum absolute atomic E-state index is 0.136. The topological polar surface area (TPSA) is 64.3 Å². The van der Waals surface area contributed by atoms with Crippen molar-refractivity contribution in [1.29, 1.82) is 0 Å². The average molecular weight is 332 g/mol. The number of pyridine rings is 1. The van der Waals surface area contributed by atoms with Gasteiger partial charge in [0.2, 0.25) is 0 Å². The van der Waals surface area contributed by atoms with E-state index in [1.807, 2.05) is 22.9 Å². The van der Waals surface area contributed by atoms with Crippen molar-refractivity contribution in [3.63, 3.8) is 0 Å². The molecule has 3 aromatic heterocycles. The fourth-order valence-corrected chi connectivity index (χ4v) is 2.73. The molecule has 0 fully saturated rings. The summed E-state index contributed by atoms with van der Waals surface area (Å²) >= 11 is 6.24. The molecule has 1 atom stereocenters. The van der Waals surface area contributed by atoms with E-state index in [0.717, 1.165) is 17.8 Å². The molecule has 0 spiro atoms. The SMILES string of the molecule is CCN[C@H](C)c1cc(-c2cn3ccnc3c(Cl)n2)c(OC)cn1. The number of hydrogen-bond donors (Lipinski definition) is 1. The van der Waals surface area contributed by atoms with Crippen molar-refractivity contribution in [3.05, 3.63) is 41.7 Å². The smallest absolute Gasteiger partial charge is 0.174 e. The molecule has 0 amide bonds. The van der Waals surface area contributed by atoms with Gasteiger partial charge in [0.15, 0.2) is 10.8 Å². The number of ether oxygens (including phenoxy) is 1. The Balaban J connectivity index is 2.13. The van der Waals surface area contributed by atoms with Crippen LogP contribution in [0.15, 0.2) is 30.9 Å². The lowest BCUT2D eigenvalue weighted by molar-refractivity contribution is 0.413. The molecule has 1 N–H and O–H groups in total. The van der Waals surface area contributed by atoms with Crippen LogP contribution in [0.2, 0.25) is 5.15 Å². The number of halogens is 1. The fourth-order valence-electron chi connectivity index (χ4n) is 2.49. The van der Waals surface area contributed by atoms with E-state index in [2.05, 4.69) is 34.1 Å². The Labute approximate surface area is 139 Å². The van der Waals surface area contributed by atoms with Crippen LogP contribution in [-0.4, -0.2) is 33.0 Å². The number of nitrogens with zero attached hydrogens (tertiary/aromatic N) is 4. The zero-order chi connectivity index (χ0) is 16.4.